The fraction of sp³-hybridized carbons (Fsp3) is 0.550. The highest BCUT2D eigenvalue weighted by atomic mass is 16.5. The molecule has 2 N–H and O–H groups in total. The van der Waals surface area contributed by atoms with E-state index in [2.05, 4.69) is 17.6 Å². The quantitative estimate of drug-likeness (QED) is 0.795. The topological polar surface area (TPSA) is 87.7 Å². The van der Waals surface area contributed by atoms with Gasteiger partial charge in [-0.3, -0.25) is 14.5 Å². The standard InChI is InChI=1S/C20H25N3O4/c1-13-6-2-4-8-15(13)21-17(24)12-23-18(25)20(22-19(23)26)10-11-27-16-9-5-3-7-14(16)20/h3,5,7,9,13,15H,2,4,6,8,10-12H2,1H3,(H,21,24)(H,22,26)/t13-,15-,20+/m1/s1. The van der Waals surface area contributed by atoms with Crippen LogP contribution in [0.2, 0.25) is 0 Å². The van der Waals surface area contributed by atoms with Gasteiger partial charge in [-0.05, 0) is 24.8 Å². The van der Waals surface area contributed by atoms with Gasteiger partial charge in [0.15, 0.2) is 5.54 Å². The van der Waals surface area contributed by atoms with E-state index in [0.717, 1.165) is 24.2 Å². The van der Waals surface area contributed by atoms with E-state index in [4.69, 9.17) is 4.74 Å². The molecule has 3 aliphatic rings. The Balaban J connectivity index is 1.50. The lowest BCUT2D eigenvalue weighted by atomic mass is 9.84. The van der Waals surface area contributed by atoms with E-state index >= 15 is 0 Å². The molecule has 7 heteroatoms. The van der Waals surface area contributed by atoms with Gasteiger partial charge in [-0.15, -0.1) is 0 Å². The SMILES string of the molecule is C[C@@H]1CCCC[C@H]1NC(=O)CN1C(=O)N[C@]2(CCOc3ccccc32)C1=O. The minimum Gasteiger partial charge on any atom is -0.493 e. The third kappa shape index (κ3) is 3.05. The predicted molar refractivity (Wildman–Crippen MR) is 98.0 cm³/mol. The summed E-state index contributed by atoms with van der Waals surface area (Å²) in [5.74, 6) is 0.351. The van der Waals surface area contributed by atoms with Crippen LogP contribution in [0.25, 0.3) is 0 Å². The molecule has 4 rings (SSSR count). The Kier molecular flexibility index (Phi) is 4.53. The summed E-state index contributed by atoms with van der Waals surface area (Å²) >= 11 is 0. The molecule has 0 bridgehead atoms. The van der Waals surface area contributed by atoms with E-state index in [1.807, 2.05) is 12.1 Å². The maximum Gasteiger partial charge on any atom is 0.325 e. The molecule has 2 heterocycles. The molecule has 1 aromatic carbocycles. The number of imide groups is 1. The Morgan fingerprint density at radius 2 is 2.07 bits per heavy atom. The number of amides is 4. The van der Waals surface area contributed by atoms with Crippen LogP contribution < -0.4 is 15.4 Å². The highest BCUT2D eigenvalue weighted by Gasteiger charge is 2.55. The van der Waals surface area contributed by atoms with Crippen LogP contribution in [0.3, 0.4) is 0 Å². The molecule has 0 unspecified atom stereocenters. The van der Waals surface area contributed by atoms with Gasteiger partial charge in [0.25, 0.3) is 5.91 Å². The fourth-order valence-electron chi connectivity index (χ4n) is 4.44. The number of para-hydroxylation sites is 1. The molecule has 7 nitrogen and oxygen atoms in total. The minimum atomic E-state index is -1.13. The van der Waals surface area contributed by atoms with Gasteiger partial charge in [-0.1, -0.05) is 38.0 Å². The molecule has 1 aliphatic carbocycles. The Morgan fingerprint density at radius 1 is 1.30 bits per heavy atom. The van der Waals surface area contributed by atoms with Crippen molar-refractivity contribution in [2.75, 3.05) is 13.2 Å². The predicted octanol–water partition coefficient (Wildman–Crippen LogP) is 1.91. The summed E-state index contributed by atoms with van der Waals surface area (Å²) in [5.41, 5.74) is -0.483. The average molecular weight is 371 g/mol. The Bertz CT molecular complexity index is 780. The molecule has 0 aromatic heterocycles. The lowest BCUT2D eigenvalue weighted by molar-refractivity contribution is -0.136. The van der Waals surface area contributed by atoms with Gasteiger partial charge in [-0.25, -0.2) is 4.79 Å². The molecular formula is C20H25N3O4. The summed E-state index contributed by atoms with van der Waals surface area (Å²) in [6, 6.07) is 6.81. The van der Waals surface area contributed by atoms with Gasteiger partial charge in [0.1, 0.15) is 12.3 Å². The van der Waals surface area contributed by atoms with Crippen molar-refractivity contribution in [2.24, 2.45) is 5.92 Å². The molecule has 1 saturated carbocycles. The molecule has 1 saturated heterocycles. The zero-order valence-electron chi connectivity index (χ0n) is 15.5. The van der Waals surface area contributed by atoms with Gasteiger partial charge < -0.3 is 15.4 Å². The van der Waals surface area contributed by atoms with Crippen molar-refractivity contribution in [3.05, 3.63) is 29.8 Å². The number of hydrogen-bond donors (Lipinski definition) is 2. The molecule has 0 radical (unpaired) electrons. The van der Waals surface area contributed by atoms with Gasteiger partial charge in [-0.2, -0.15) is 0 Å². The van der Waals surface area contributed by atoms with Crippen molar-refractivity contribution in [3.8, 4) is 5.75 Å². The summed E-state index contributed by atoms with van der Waals surface area (Å²) in [5, 5.41) is 5.83. The molecule has 144 valence electrons. The summed E-state index contributed by atoms with van der Waals surface area (Å²) in [6.07, 6.45) is 4.67. The second-order valence-corrected chi connectivity index (χ2v) is 7.76. The number of carbonyl (C=O) groups excluding carboxylic acids is 3. The fourth-order valence-corrected chi connectivity index (χ4v) is 4.44. The van der Waals surface area contributed by atoms with Crippen LogP contribution in [-0.4, -0.2) is 41.9 Å². The van der Waals surface area contributed by atoms with E-state index < -0.39 is 11.6 Å². The lowest BCUT2D eigenvalue weighted by Gasteiger charge is -2.33. The summed E-state index contributed by atoms with van der Waals surface area (Å²) < 4.78 is 5.62. The third-order valence-corrected chi connectivity index (χ3v) is 6.02. The smallest absolute Gasteiger partial charge is 0.325 e. The molecule has 27 heavy (non-hydrogen) atoms. The number of ether oxygens (including phenoxy) is 1. The Morgan fingerprint density at radius 3 is 2.89 bits per heavy atom. The van der Waals surface area contributed by atoms with Crippen LogP contribution in [0.15, 0.2) is 24.3 Å². The number of rotatable bonds is 3. The van der Waals surface area contributed by atoms with Crippen molar-refractivity contribution >= 4 is 17.8 Å². The van der Waals surface area contributed by atoms with E-state index in [1.165, 1.54) is 6.42 Å². The van der Waals surface area contributed by atoms with Crippen LogP contribution in [-0.2, 0) is 15.1 Å². The molecule has 1 spiro atoms. The van der Waals surface area contributed by atoms with E-state index in [1.54, 1.807) is 12.1 Å². The number of benzene rings is 1. The largest absolute Gasteiger partial charge is 0.493 e. The molecule has 4 amide bonds. The number of hydrogen-bond acceptors (Lipinski definition) is 4. The monoisotopic (exact) mass is 371 g/mol. The number of carbonyl (C=O) groups is 3. The van der Waals surface area contributed by atoms with E-state index in [0.29, 0.717) is 30.3 Å². The Hall–Kier alpha value is -2.57. The highest BCUT2D eigenvalue weighted by Crippen LogP contribution is 2.40. The first-order valence-electron chi connectivity index (χ1n) is 9.67. The maximum absolute atomic E-state index is 13.2. The van der Waals surface area contributed by atoms with Crippen LogP contribution in [0.5, 0.6) is 5.75 Å². The van der Waals surface area contributed by atoms with E-state index in [-0.39, 0.29) is 24.4 Å². The van der Waals surface area contributed by atoms with Gasteiger partial charge in [0.2, 0.25) is 5.91 Å². The van der Waals surface area contributed by atoms with Crippen LogP contribution in [0.4, 0.5) is 4.79 Å². The summed E-state index contributed by atoms with van der Waals surface area (Å²) in [4.78, 5) is 39.2. The van der Waals surface area contributed by atoms with Crippen molar-refractivity contribution in [1.29, 1.82) is 0 Å². The maximum atomic E-state index is 13.2. The Labute approximate surface area is 158 Å². The zero-order valence-corrected chi connectivity index (χ0v) is 15.5. The molecule has 3 atom stereocenters. The van der Waals surface area contributed by atoms with Crippen molar-refractivity contribution in [3.63, 3.8) is 0 Å². The number of fused-ring (bicyclic) bond motifs is 2. The number of nitrogens with zero attached hydrogens (tertiary/aromatic N) is 1. The first-order valence-corrected chi connectivity index (χ1v) is 9.67. The first-order chi connectivity index (χ1) is 13.0. The van der Waals surface area contributed by atoms with Gasteiger partial charge in [0, 0.05) is 18.0 Å². The van der Waals surface area contributed by atoms with Crippen molar-refractivity contribution < 1.29 is 19.1 Å². The minimum absolute atomic E-state index is 0.116. The molecule has 1 aromatic rings. The van der Waals surface area contributed by atoms with Crippen LogP contribution >= 0.6 is 0 Å². The van der Waals surface area contributed by atoms with Crippen molar-refractivity contribution in [2.45, 2.75) is 50.6 Å². The zero-order chi connectivity index (χ0) is 19.0. The summed E-state index contributed by atoms with van der Waals surface area (Å²) in [7, 11) is 0. The molecular weight excluding hydrogens is 346 g/mol. The van der Waals surface area contributed by atoms with Gasteiger partial charge >= 0.3 is 6.03 Å². The average Bonchev–Trinajstić information content (AvgIpc) is 2.89. The van der Waals surface area contributed by atoms with Crippen LogP contribution in [0, 0.1) is 5.92 Å². The number of urea groups is 1. The third-order valence-electron chi connectivity index (χ3n) is 6.02. The lowest BCUT2D eigenvalue weighted by Crippen LogP contribution is -2.49. The second-order valence-electron chi connectivity index (χ2n) is 7.76. The van der Waals surface area contributed by atoms with Gasteiger partial charge in [0.05, 0.1) is 6.61 Å². The van der Waals surface area contributed by atoms with E-state index in [9.17, 15) is 14.4 Å². The number of nitrogens with one attached hydrogen (secondary N) is 2. The second kappa shape index (κ2) is 6.87. The highest BCUT2D eigenvalue weighted by molar-refractivity contribution is 6.09. The first kappa shape index (κ1) is 17.8. The molecule has 2 fully saturated rings. The summed E-state index contributed by atoms with van der Waals surface area (Å²) in [6.45, 7) is 2.22. The normalized spacial score (nSPS) is 29.9. The van der Waals surface area contributed by atoms with Crippen molar-refractivity contribution in [1.82, 2.24) is 15.5 Å². The van der Waals surface area contributed by atoms with Crippen LogP contribution in [0.1, 0.15) is 44.6 Å². The molecule has 2 aliphatic heterocycles.